The molecule has 3 amide bonds. The molecule has 16 heavy (non-hydrogen) atoms. The van der Waals surface area contributed by atoms with Gasteiger partial charge in [-0.3, -0.25) is 15.2 Å². The predicted molar refractivity (Wildman–Crippen MR) is 59.3 cm³/mol. The van der Waals surface area contributed by atoms with Crippen LogP contribution < -0.4 is 16.4 Å². The number of rotatable bonds is 3. The highest BCUT2D eigenvalue weighted by atomic mass is 16.2. The van der Waals surface area contributed by atoms with Crippen LogP contribution in [0.4, 0.5) is 10.6 Å². The van der Waals surface area contributed by atoms with Crippen LogP contribution in [0.1, 0.15) is 35.8 Å². The Morgan fingerprint density at radius 2 is 2.06 bits per heavy atom. The van der Waals surface area contributed by atoms with Gasteiger partial charge < -0.3 is 11.1 Å². The van der Waals surface area contributed by atoms with Crippen LogP contribution in [0.3, 0.4) is 0 Å². The Bertz CT molecular complexity index is 410. The van der Waals surface area contributed by atoms with Crippen LogP contribution in [-0.4, -0.2) is 29.2 Å². The number of amides is 3. The number of anilines is 1. The third-order valence-corrected chi connectivity index (χ3v) is 2.08. The highest BCUT2D eigenvalue weighted by molar-refractivity contribution is 6.02. The molecule has 0 fully saturated rings. The Morgan fingerprint density at radius 3 is 2.50 bits per heavy atom. The van der Waals surface area contributed by atoms with Crippen molar-refractivity contribution in [1.82, 2.24) is 15.5 Å². The fourth-order valence-corrected chi connectivity index (χ4v) is 1.28. The van der Waals surface area contributed by atoms with Crippen molar-refractivity contribution >= 4 is 17.8 Å². The summed E-state index contributed by atoms with van der Waals surface area (Å²) in [5.74, 6) is -0.408. The average Bonchev–Trinajstić information content (AvgIpc) is 2.61. The highest BCUT2D eigenvalue weighted by Gasteiger charge is 2.21. The lowest BCUT2D eigenvalue weighted by atomic mass is 10.1. The third kappa shape index (κ3) is 2.30. The van der Waals surface area contributed by atoms with Crippen molar-refractivity contribution in [1.29, 1.82) is 0 Å². The van der Waals surface area contributed by atoms with Gasteiger partial charge in [-0.05, 0) is 5.92 Å². The van der Waals surface area contributed by atoms with E-state index in [4.69, 9.17) is 5.73 Å². The number of hydrogen-bond acceptors (Lipinski definition) is 3. The first-order chi connectivity index (χ1) is 7.47. The van der Waals surface area contributed by atoms with Gasteiger partial charge in [-0.25, -0.2) is 4.79 Å². The van der Waals surface area contributed by atoms with Crippen LogP contribution in [0.5, 0.6) is 0 Å². The van der Waals surface area contributed by atoms with Crippen molar-refractivity contribution in [2.24, 2.45) is 5.73 Å². The summed E-state index contributed by atoms with van der Waals surface area (Å²) < 4.78 is 0. The lowest BCUT2D eigenvalue weighted by Crippen LogP contribution is -2.26. The first-order valence-electron chi connectivity index (χ1n) is 4.84. The zero-order valence-electron chi connectivity index (χ0n) is 9.42. The van der Waals surface area contributed by atoms with Crippen LogP contribution in [0.15, 0.2) is 0 Å². The van der Waals surface area contributed by atoms with Gasteiger partial charge in [-0.15, -0.1) is 0 Å². The zero-order valence-corrected chi connectivity index (χ0v) is 9.42. The van der Waals surface area contributed by atoms with Gasteiger partial charge in [-0.2, -0.15) is 5.10 Å². The molecule has 0 spiro atoms. The summed E-state index contributed by atoms with van der Waals surface area (Å²) >= 11 is 0. The molecule has 0 unspecified atom stereocenters. The highest BCUT2D eigenvalue weighted by Crippen LogP contribution is 2.22. The van der Waals surface area contributed by atoms with Gasteiger partial charge >= 0.3 is 6.03 Å². The third-order valence-electron chi connectivity index (χ3n) is 2.08. The molecule has 5 N–H and O–H groups in total. The Hall–Kier alpha value is -2.05. The van der Waals surface area contributed by atoms with Gasteiger partial charge in [0.25, 0.3) is 5.91 Å². The molecular formula is C9H15N5O2. The number of nitrogens with two attached hydrogens (primary N) is 1. The van der Waals surface area contributed by atoms with Crippen LogP contribution in [-0.2, 0) is 0 Å². The van der Waals surface area contributed by atoms with E-state index in [0.717, 1.165) is 0 Å². The predicted octanol–water partition coefficient (Wildman–Crippen LogP) is 0.383. The standard InChI is InChI=1S/C9H15N5O2/c1-4(2)6-5(7(10)15)8(14-13-6)12-9(16)11-3/h4H,1-3H3,(H2,10,15)(H3,11,12,13,14,16). The number of nitrogens with zero attached hydrogens (tertiary/aromatic N) is 1. The average molecular weight is 225 g/mol. The van der Waals surface area contributed by atoms with E-state index >= 15 is 0 Å². The fraction of sp³-hybridized carbons (Fsp3) is 0.444. The van der Waals surface area contributed by atoms with Crippen molar-refractivity contribution in [3.63, 3.8) is 0 Å². The van der Waals surface area contributed by atoms with Crippen molar-refractivity contribution in [3.05, 3.63) is 11.3 Å². The fourth-order valence-electron chi connectivity index (χ4n) is 1.28. The van der Waals surface area contributed by atoms with E-state index in [2.05, 4.69) is 20.8 Å². The normalized spacial score (nSPS) is 10.2. The molecule has 1 heterocycles. The number of urea groups is 1. The topological polar surface area (TPSA) is 113 Å². The van der Waals surface area contributed by atoms with Gasteiger partial charge in [0.05, 0.1) is 5.69 Å². The van der Waals surface area contributed by atoms with E-state index in [0.29, 0.717) is 5.69 Å². The summed E-state index contributed by atoms with van der Waals surface area (Å²) in [5, 5.41) is 11.3. The Labute approximate surface area is 92.8 Å². The van der Waals surface area contributed by atoms with Crippen molar-refractivity contribution < 1.29 is 9.59 Å². The second-order valence-electron chi connectivity index (χ2n) is 3.58. The van der Waals surface area contributed by atoms with Crippen LogP contribution >= 0.6 is 0 Å². The second kappa shape index (κ2) is 4.65. The maximum Gasteiger partial charge on any atom is 0.320 e. The molecule has 0 aliphatic rings. The molecule has 0 aromatic carbocycles. The second-order valence-corrected chi connectivity index (χ2v) is 3.58. The number of carbonyl (C=O) groups is 2. The maximum atomic E-state index is 11.3. The minimum atomic E-state index is -0.621. The van der Waals surface area contributed by atoms with Gasteiger partial charge in [0.2, 0.25) is 0 Å². The van der Waals surface area contributed by atoms with Gasteiger partial charge in [0.15, 0.2) is 5.82 Å². The number of nitrogens with one attached hydrogen (secondary N) is 3. The molecule has 0 aliphatic heterocycles. The number of H-pyrrole nitrogens is 1. The molecular weight excluding hydrogens is 210 g/mol. The minimum Gasteiger partial charge on any atom is -0.365 e. The van der Waals surface area contributed by atoms with Crippen LogP contribution in [0.2, 0.25) is 0 Å². The first-order valence-corrected chi connectivity index (χ1v) is 4.84. The Balaban J connectivity index is 3.10. The largest absolute Gasteiger partial charge is 0.365 e. The Kier molecular flexibility index (Phi) is 3.49. The molecule has 0 atom stereocenters. The van der Waals surface area contributed by atoms with E-state index in [-0.39, 0.29) is 17.3 Å². The number of aromatic nitrogens is 2. The zero-order chi connectivity index (χ0) is 12.3. The van der Waals surface area contributed by atoms with E-state index < -0.39 is 11.9 Å². The summed E-state index contributed by atoms with van der Waals surface area (Å²) in [6.07, 6.45) is 0. The Morgan fingerprint density at radius 1 is 1.44 bits per heavy atom. The summed E-state index contributed by atoms with van der Waals surface area (Å²) in [5.41, 5.74) is 6.08. The quantitative estimate of drug-likeness (QED) is 0.596. The van der Waals surface area contributed by atoms with Gasteiger partial charge in [0.1, 0.15) is 5.56 Å². The SMILES string of the molecule is CNC(=O)Nc1n[nH]c(C(C)C)c1C(N)=O. The van der Waals surface area contributed by atoms with E-state index in [1.165, 1.54) is 7.05 Å². The molecule has 1 aromatic heterocycles. The monoisotopic (exact) mass is 225 g/mol. The van der Waals surface area contributed by atoms with Gasteiger partial charge in [-0.1, -0.05) is 13.8 Å². The summed E-state index contributed by atoms with van der Waals surface area (Å²) in [6.45, 7) is 3.78. The van der Waals surface area contributed by atoms with E-state index in [1.807, 2.05) is 13.8 Å². The number of primary amides is 1. The number of carbonyl (C=O) groups excluding carboxylic acids is 2. The number of hydrogen-bond donors (Lipinski definition) is 4. The molecule has 0 saturated carbocycles. The van der Waals surface area contributed by atoms with Gasteiger partial charge in [0, 0.05) is 7.05 Å². The number of aromatic amines is 1. The van der Waals surface area contributed by atoms with Crippen molar-refractivity contribution in [2.75, 3.05) is 12.4 Å². The molecule has 0 radical (unpaired) electrons. The minimum absolute atomic E-state index is 0.0650. The van der Waals surface area contributed by atoms with Crippen molar-refractivity contribution in [2.45, 2.75) is 19.8 Å². The van der Waals surface area contributed by atoms with Crippen molar-refractivity contribution in [3.8, 4) is 0 Å². The summed E-state index contributed by atoms with van der Waals surface area (Å²) in [7, 11) is 1.47. The smallest absolute Gasteiger partial charge is 0.320 e. The van der Waals surface area contributed by atoms with E-state index in [9.17, 15) is 9.59 Å². The van der Waals surface area contributed by atoms with Crippen LogP contribution in [0, 0.1) is 0 Å². The molecule has 0 saturated heterocycles. The molecule has 0 aliphatic carbocycles. The summed E-state index contributed by atoms with van der Waals surface area (Å²) in [6, 6.07) is -0.454. The molecule has 7 nitrogen and oxygen atoms in total. The molecule has 1 rings (SSSR count). The van der Waals surface area contributed by atoms with E-state index in [1.54, 1.807) is 0 Å². The lowest BCUT2D eigenvalue weighted by Gasteiger charge is -2.05. The molecule has 1 aromatic rings. The first kappa shape index (κ1) is 12.0. The van der Waals surface area contributed by atoms with Crippen LogP contribution in [0.25, 0.3) is 0 Å². The molecule has 88 valence electrons. The summed E-state index contributed by atoms with van der Waals surface area (Å²) in [4.78, 5) is 22.4. The molecule has 7 heteroatoms. The molecule has 0 bridgehead atoms. The lowest BCUT2D eigenvalue weighted by molar-refractivity contribution is 0.1000. The maximum absolute atomic E-state index is 11.3.